The Morgan fingerprint density at radius 2 is 1.72 bits per heavy atom. The summed E-state index contributed by atoms with van der Waals surface area (Å²) in [4.78, 5) is 15.7. The van der Waals surface area contributed by atoms with Gasteiger partial charge in [0.05, 0.1) is 11.5 Å². The average molecular weight is 593 g/mol. The van der Waals surface area contributed by atoms with Crippen LogP contribution in [0, 0.1) is 10.1 Å². The number of piperazine rings is 1. The van der Waals surface area contributed by atoms with E-state index < -0.39 is 0 Å². The second-order valence-electron chi connectivity index (χ2n) is 8.34. The molecule has 0 aliphatic carbocycles. The van der Waals surface area contributed by atoms with Gasteiger partial charge < -0.3 is 9.64 Å². The molecule has 1 saturated heterocycles. The highest BCUT2D eigenvalue weighted by Gasteiger charge is 2.17. The molecule has 1 aliphatic rings. The van der Waals surface area contributed by atoms with Gasteiger partial charge in [0.2, 0.25) is 0 Å². The molecule has 4 rings (SSSR count). The van der Waals surface area contributed by atoms with Crippen LogP contribution in [0.2, 0.25) is 5.02 Å². The number of benzene rings is 3. The van der Waals surface area contributed by atoms with Crippen LogP contribution in [0.5, 0.6) is 5.75 Å². The molecule has 0 atom stereocenters. The maximum Gasteiger partial charge on any atom is 0.270 e. The molecular formula is C27H28BrCl2N3O3. The minimum Gasteiger partial charge on any atom is -0.493 e. The van der Waals surface area contributed by atoms with Crippen molar-refractivity contribution in [2.24, 2.45) is 0 Å². The first-order valence-corrected chi connectivity index (χ1v) is 12.7. The second kappa shape index (κ2) is 13.7. The van der Waals surface area contributed by atoms with E-state index >= 15 is 0 Å². The van der Waals surface area contributed by atoms with Crippen molar-refractivity contribution in [2.45, 2.75) is 6.42 Å². The lowest BCUT2D eigenvalue weighted by atomic mass is 10.1. The van der Waals surface area contributed by atoms with E-state index in [2.05, 4.69) is 31.8 Å². The summed E-state index contributed by atoms with van der Waals surface area (Å²) in [6.45, 7) is 5.40. The zero-order chi connectivity index (χ0) is 24.6. The van der Waals surface area contributed by atoms with Gasteiger partial charge in [-0.3, -0.25) is 15.0 Å². The molecule has 0 N–H and O–H groups in total. The van der Waals surface area contributed by atoms with E-state index in [1.807, 2.05) is 54.6 Å². The molecule has 0 aromatic heterocycles. The Labute approximate surface area is 231 Å². The van der Waals surface area contributed by atoms with Crippen molar-refractivity contribution >= 4 is 63.5 Å². The molecule has 3 aromatic rings. The molecule has 190 valence electrons. The largest absolute Gasteiger partial charge is 0.493 e. The zero-order valence-corrected chi connectivity index (χ0v) is 22.8. The monoisotopic (exact) mass is 591 g/mol. The number of non-ortho nitro benzene ring substituents is 1. The van der Waals surface area contributed by atoms with Crippen LogP contribution >= 0.6 is 39.9 Å². The van der Waals surface area contributed by atoms with E-state index in [0.717, 1.165) is 54.2 Å². The summed E-state index contributed by atoms with van der Waals surface area (Å²) in [5, 5.41) is 12.0. The number of nitrogens with zero attached hydrogens (tertiary/aromatic N) is 3. The highest BCUT2D eigenvalue weighted by atomic mass is 79.9. The number of hydrogen-bond acceptors (Lipinski definition) is 5. The molecule has 0 spiro atoms. The quantitative estimate of drug-likeness (QED) is 0.114. The summed E-state index contributed by atoms with van der Waals surface area (Å²) in [7, 11) is 0. The minimum atomic E-state index is -0.386. The van der Waals surface area contributed by atoms with Crippen LogP contribution in [0.15, 0.2) is 71.2 Å². The number of nitro groups is 1. The molecule has 6 nitrogen and oxygen atoms in total. The van der Waals surface area contributed by atoms with Gasteiger partial charge in [0.25, 0.3) is 5.69 Å². The minimum absolute atomic E-state index is 0. The third kappa shape index (κ3) is 7.71. The highest BCUT2D eigenvalue weighted by Crippen LogP contribution is 2.28. The lowest BCUT2D eigenvalue weighted by Crippen LogP contribution is -2.46. The third-order valence-corrected chi connectivity index (χ3v) is 6.93. The summed E-state index contributed by atoms with van der Waals surface area (Å²) < 4.78 is 7.01. The Bertz CT molecular complexity index is 1200. The molecule has 0 radical (unpaired) electrons. The molecule has 1 aliphatic heterocycles. The standard InChI is InChI=1S/C27H27BrClN3O3.ClH/c28-26-8-2-1-5-21(26)9-10-22-19-25(32(33)34)11-12-27(22)35-18-4-13-30-14-16-31(17-15-30)24-7-3-6-23(29)20-24;/h1-3,5-12,19-20H,4,13-18H2;1H. The molecule has 1 fully saturated rings. The van der Waals surface area contributed by atoms with Gasteiger partial charge in [-0.25, -0.2) is 0 Å². The first-order chi connectivity index (χ1) is 17.0. The topological polar surface area (TPSA) is 58.9 Å². The van der Waals surface area contributed by atoms with Crippen molar-refractivity contribution in [3.63, 3.8) is 0 Å². The van der Waals surface area contributed by atoms with Gasteiger partial charge in [-0.15, -0.1) is 12.4 Å². The van der Waals surface area contributed by atoms with Gasteiger partial charge in [0, 0.05) is 65.6 Å². The predicted molar refractivity (Wildman–Crippen MR) is 154 cm³/mol. The Hall–Kier alpha value is -2.58. The summed E-state index contributed by atoms with van der Waals surface area (Å²) >= 11 is 9.66. The summed E-state index contributed by atoms with van der Waals surface area (Å²) in [6, 6.07) is 20.5. The predicted octanol–water partition coefficient (Wildman–Crippen LogP) is 7.19. The van der Waals surface area contributed by atoms with Crippen molar-refractivity contribution in [2.75, 3.05) is 44.2 Å². The Morgan fingerprint density at radius 3 is 2.44 bits per heavy atom. The van der Waals surface area contributed by atoms with Crippen molar-refractivity contribution in [3.8, 4) is 5.75 Å². The number of nitro benzene ring substituents is 1. The molecule has 0 amide bonds. The number of rotatable bonds is 9. The lowest BCUT2D eigenvalue weighted by molar-refractivity contribution is -0.384. The Balaban J connectivity index is 0.00000361. The molecule has 0 saturated carbocycles. The lowest BCUT2D eigenvalue weighted by Gasteiger charge is -2.36. The number of ether oxygens (including phenoxy) is 1. The van der Waals surface area contributed by atoms with Crippen LogP contribution in [-0.2, 0) is 0 Å². The van der Waals surface area contributed by atoms with Crippen molar-refractivity contribution in [1.82, 2.24) is 4.90 Å². The van der Waals surface area contributed by atoms with E-state index in [4.69, 9.17) is 16.3 Å². The Kier molecular flexibility index (Phi) is 10.6. The first-order valence-electron chi connectivity index (χ1n) is 11.6. The van der Waals surface area contributed by atoms with Gasteiger partial charge in [-0.05, 0) is 42.3 Å². The highest BCUT2D eigenvalue weighted by molar-refractivity contribution is 9.10. The smallest absolute Gasteiger partial charge is 0.270 e. The average Bonchev–Trinajstić information content (AvgIpc) is 2.87. The van der Waals surface area contributed by atoms with Gasteiger partial charge in [0.15, 0.2) is 0 Å². The van der Waals surface area contributed by atoms with Gasteiger partial charge in [-0.2, -0.15) is 0 Å². The molecule has 9 heteroatoms. The molecule has 36 heavy (non-hydrogen) atoms. The summed E-state index contributed by atoms with van der Waals surface area (Å²) in [5.41, 5.74) is 2.88. The fraction of sp³-hybridized carbons (Fsp3) is 0.259. The van der Waals surface area contributed by atoms with Crippen LogP contribution < -0.4 is 9.64 Å². The van der Waals surface area contributed by atoms with Crippen LogP contribution in [0.1, 0.15) is 17.5 Å². The third-order valence-electron chi connectivity index (χ3n) is 5.97. The van der Waals surface area contributed by atoms with Gasteiger partial charge in [-0.1, -0.05) is 63.9 Å². The number of anilines is 1. The number of hydrogen-bond donors (Lipinski definition) is 0. The maximum absolute atomic E-state index is 11.3. The normalized spacial score (nSPS) is 14.0. The fourth-order valence-electron chi connectivity index (χ4n) is 4.07. The van der Waals surface area contributed by atoms with E-state index in [9.17, 15) is 10.1 Å². The summed E-state index contributed by atoms with van der Waals surface area (Å²) in [5.74, 6) is 0.643. The summed E-state index contributed by atoms with van der Waals surface area (Å²) in [6.07, 6.45) is 4.66. The second-order valence-corrected chi connectivity index (χ2v) is 9.64. The number of halogens is 3. The Morgan fingerprint density at radius 1 is 0.972 bits per heavy atom. The van der Waals surface area contributed by atoms with Crippen LogP contribution in [0.3, 0.4) is 0 Å². The maximum atomic E-state index is 11.3. The van der Waals surface area contributed by atoms with Crippen LogP contribution in [-0.4, -0.2) is 49.2 Å². The van der Waals surface area contributed by atoms with Crippen molar-refractivity contribution in [3.05, 3.63) is 97.5 Å². The molecular weight excluding hydrogens is 565 g/mol. The molecule has 3 aromatic carbocycles. The van der Waals surface area contributed by atoms with E-state index in [0.29, 0.717) is 17.9 Å². The molecule has 1 heterocycles. The van der Waals surface area contributed by atoms with Gasteiger partial charge in [0.1, 0.15) is 5.75 Å². The van der Waals surface area contributed by atoms with Gasteiger partial charge >= 0.3 is 0 Å². The van der Waals surface area contributed by atoms with Crippen LogP contribution in [0.4, 0.5) is 11.4 Å². The van der Waals surface area contributed by atoms with Crippen molar-refractivity contribution < 1.29 is 9.66 Å². The fourth-order valence-corrected chi connectivity index (χ4v) is 4.68. The first kappa shape index (κ1) is 28.0. The van der Waals surface area contributed by atoms with Crippen LogP contribution in [0.25, 0.3) is 12.2 Å². The zero-order valence-electron chi connectivity index (χ0n) is 19.7. The van der Waals surface area contributed by atoms with E-state index in [1.54, 1.807) is 12.1 Å². The molecule has 0 unspecified atom stereocenters. The molecule has 0 bridgehead atoms. The van der Waals surface area contributed by atoms with E-state index in [-0.39, 0.29) is 23.0 Å². The van der Waals surface area contributed by atoms with Crippen molar-refractivity contribution in [1.29, 1.82) is 0 Å². The van der Waals surface area contributed by atoms with E-state index in [1.165, 1.54) is 11.8 Å². The SMILES string of the molecule is Cl.O=[N+]([O-])c1ccc(OCCCN2CCN(c3cccc(Cl)c3)CC2)c(C=Cc2ccccc2Br)c1.